The zero-order chi connectivity index (χ0) is 16.7. The molecule has 0 spiro atoms. The Morgan fingerprint density at radius 1 is 1.21 bits per heavy atom. The number of halogens is 1. The minimum absolute atomic E-state index is 0. The molecule has 1 atom stereocenters. The van der Waals surface area contributed by atoms with Crippen molar-refractivity contribution in [2.24, 2.45) is 5.73 Å². The molecule has 0 radical (unpaired) electrons. The fourth-order valence-corrected chi connectivity index (χ4v) is 3.06. The van der Waals surface area contributed by atoms with Crippen molar-refractivity contribution in [3.63, 3.8) is 0 Å². The molecule has 1 amide bonds. The van der Waals surface area contributed by atoms with Crippen molar-refractivity contribution in [1.29, 1.82) is 0 Å². The van der Waals surface area contributed by atoms with Crippen molar-refractivity contribution >= 4 is 29.7 Å². The van der Waals surface area contributed by atoms with Crippen molar-refractivity contribution in [3.8, 4) is 16.2 Å². The van der Waals surface area contributed by atoms with Crippen LogP contribution in [0, 0.1) is 0 Å². The van der Waals surface area contributed by atoms with E-state index in [1.165, 1.54) is 0 Å². The van der Waals surface area contributed by atoms with Crippen LogP contribution in [0.3, 0.4) is 0 Å². The van der Waals surface area contributed by atoms with Crippen LogP contribution in [0.15, 0.2) is 36.4 Å². The Balaban J connectivity index is 0.00000288. The van der Waals surface area contributed by atoms with Crippen molar-refractivity contribution in [2.75, 3.05) is 20.8 Å². The number of rotatable bonds is 8. The Kier molecular flexibility index (Phi) is 8.78. The third kappa shape index (κ3) is 5.79. The number of hydrogen-bond donors (Lipinski definition) is 2. The molecule has 7 heteroatoms. The summed E-state index contributed by atoms with van der Waals surface area (Å²) in [5.41, 5.74) is 6.65. The number of benzene rings is 1. The highest BCUT2D eigenvalue weighted by molar-refractivity contribution is 7.15. The molecule has 2 aromatic rings. The maximum Gasteiger partial charge on any atom is 0.222 e. The Morgan fingerprint density at radius 3 is 2.50 bits per heavy atom. The minimum Gasteiger partial charge on any atom is -0.497 e. The third-order valence-electron chi connectivity index (χ3n) is 3.51. The van der Waals surface area contributed by atoms with Crippen molar-refractivity contribution in [2.45, 2.75) is 19.1 Å². The highest BCUT2D eigenvalue weighted by Gasteiger charge is 2.11. The standard InChI is InChI=1S/C17H22N2O3S.ClH/c1-21-13-5-3-12(4-6-13)16-8-7-15(23-16)11-19-17(20)9-14(10-18)22-2;/h3-8,14H,9-11,18H2,1-2H3,(H,19,20);1H. The summed E-state index contributed by atoms with van der Waals surface area (Å²) < 4.78 is 10.3. The van der Waals surface area contributed by atoms with Crippen LogP contribution in [0.25, 0.3) is 10.4 Å². The van der Waals surface area contributed by atoms with E-state index in [-0.39, 0.29) is 30.8 Å². The molecule has 132 valence electrons. The molecular formula is C17H23ClN2O3S. The Hall–Kier alpha value is -1.60. The van der Waals surface area contributed by atoms with Crippen LogP contribution in [-0.2, 0) is 16.1 Å². The van der Waals surface area contributed by atoms with Gasteiger partial charge in [-0.3, -0.25) is 4.79 Å². The summed E-state index contributed by atoms with van der Waals surface area (Å²) >= 11 is 1.66. The number of nitrogens with two attached hydrogens (primary N) is 1. The number of carbonyl (C=O) groups is 1. The second-order valence-corrected chi connectivity index (χ2v) is 6.24. The average Bonchev–Trinajstić information content (AvgIpc) is 3.07. The van der Waals surface area contributed by atoms with Crippen molar-refractivity contribution < 1.29 is 14.3 Å². The van der Waals surface area contributed by atoms with E-state index in [4.69, 9.17) is 15.2 Å². The summed E-state index contributed by atoms with van der Waals surface area (Å²) in [5, 5.41) is 2.90. The van der Waals surface area contributed by atoms with Gasteiger partial charge in [-0.25, -0.2) is 0 Å². The lowest BCUT2D eigenvalue weighted by atomic mass is 10.2. The van der Waals surface area contributed by atoms with Gasteiger partial charge in [-0.05, 0) is 42.0 Å². The van der Waals surface area contributed by atoms with Gasteiger partial charge in [0.1, 0.15) is 5.75 Å². The van der Waals surface area contributed by atoms with E-state index in [2.05, 4.69) is 11.4 Å². The summed E-state index contributed by atoms with van der Waals surface area (Å²) in [4.78, 5) is 14.1. The molecular weight excluding hydrogens is 348 g/mol. The number of methoxy groups -OCH3 is 2. The summed E-state index contributed by atoms with van der Waals surface area (Å²) in [6.07, 6.45) is 0.0529. The molecule has 0 aliphatic carbocycles. The van der Waals surface area contributed by atoms with Gasteiger partial charge in [0.15, 0.2) is 0 Å². The number of hydrogen-bond acceptors (Lipinski definition) is 5. The molecule has 2 rings (SSSR count). The number of amides is 1. The van der Waals surface area contributed by atoms with Gasteiger partial charge < -0.3 is 20.5 Å². The second kappa shape index (κ2) is 10.3. The highest BCUT2D eigenvalue weighted by Crippen LogP contribution is 2.29. The summed E-state index contributed by atoms with van der Waals surface area (Å²) in [7, 11) is 3.21. The van der Waals surface area contributed by atoms with Gasteiger partial charge in [0.25, 0.3) is 0 Å². The van der Waals surface area contributed by atoms with E-state index >= 15 is 0 Å². The van der Waals surface area contributed by atoms with Gasteiger partial charge in [0, 0.05) is 23.4 Å². The topological polar surface area (TPSA) is 73.6 Å². The highest BCUT2D eigenvalue weighted by atomic mass is 35.5. The Bertz CT molecular complexity index is 627. The first-order chi connectivity index (χ1) is 11.2. The molecule has 0 aliphatic rings. The quantitative estimate of drug-likeness (QED) is 0.749. The van der Waals surface area contributed by atoms with Crippen LogP contribution < -0.4 is 15.8 Å². The maximum atomic E-state index is 11.8. The first kappa shape index (κ1) is 20.4. The van der Waals surface area contributed by atoms with Crippen LogP contribution in [-0.4, -0.2) is 32.8 Å². The summed E-state index contributed by atoms with van der Waals surface area (Å²) in [5.74, 6) is 0.784. The molecule has 0 bridgehead atoms. The van der Waals surface area contributed by atoms with Gasteiger partial charge in [-0.15, -0.1) is 23.7 Å². The van der Waals surface area contributed by atoms with E-state index in [0.29, 0.717) is 13.1 Å². The average molecular weight is 371 g/mol. The first-order valence-electron chi connectivity index (χ1n) is 7.39. The number of carbonyl (C=O) groups excluding carboxylic acids is 1. The molecule has 5 nitrogen and oxygen atoms in total. The lowest BCUT2D eigenvalue weighted by Crippen LogP contribution is -2.31. The van der Waals surface area contributed by atoms with Gasteiger partial charge >= 0.3 is 0 Å². The van der Waals surface area contributed by atoms with Gasteiger partial charge in [0.05, 0.1) is 26.2 Å². The fraction of sp³-hybridized carbons (Fsp3) is 0.353. The molecule has 24 heavy (non-hydrogen) atoms. The van der Waals surface area contributed by atoms with Crippen LogP contribution in [0.5, 0.6) is 5.75 Å². The van der Waals surface area contributed by atoms with Crippen molar-refractivity contribution in [3.05, 3.63) is 41.3 Å². The van der Waals surface area contributed by atoms with Gasteiger partial charge in [-0.2, -0.15) is 0 Å². The predicted octanol–water partition coefficient (Wildman–Crippen LogP) is 2.83. The predicted molar refractivity (Wildman–Crippen MR) is 99.9 cm³/mol. The number of ether oxygens (including phenoxy) is 2. The number of nitrogens with one attached hydrogen (secondary N) is 1. The van der Waals surface area contributed by atoms with Crippen LogP contribution in [0.4, 0.5) is 0 Å². The first-order valence-corrected chi connectivity index (χ1v) is 8.20. The molecule has 1 unspecified atom stereocenters. The van der Waals surface area contributed by atoms with E-state index in [0.717, 1.165) is 21.1 Å². The molecule has 0 fully saturated rings. The molecule has 1 aromatic heterocycles. The lowest BCUT2D eigenvalue weighted by molar-refractivity contribution is -0.123. The largest absolute Gasteiger partial charge is 0.497 e. The third-order valence-corrected chi connectivity index (χ3v) is 4.64. The SMILES string of the molecule is COc1ccc(-c2ccc(CNC(=O)CC(CN)OC)s2)cc1.Cl. The molecule has 0 aliphatic heterocycles. The van der Waals surface area contributed by atoms with E-state index in [1.54, 1.807) is 25.6 Å². The minimum atomic E-state index is -0.229. The van der Waals surface area contributed by atoms with Gasteiger partial charge in [-0.1, -0.05) is 0 Å². The Morgan fingerprint density at radius 2 is 1.92 bits per heavy atom. The monoisotopic (exact) mass is 370 g/mol. The van der Waals surface area contributed by atoms with E-state index in [9.17, 15) is 4.79 Å². The van der Waals surface area contributed by atoms with Gasteiger partial charge in [0.2, 0.25) is 5.91 Å². The second-order valence-electron chi connectivity index (χ2n) is 5.07. The zero-order valence-electron chi connectivity index (χ0n) is 13.8. The van der Waals surface area contributed by atoms with E-state index in [1.807, 2.05) is 30.3 Å². The molecule has 3 N–H and O–H groups in total. The van der Waals surface area contributed by atoms with Crippen LogP contribution >= 0.6 is 23.7 Å². The smallest absolute Gasteiger partial charge is 0.222 e. The van der Waals surface area contributed by atoms with E-state index < -0.39 is 0 Å². The van der Waals surface area contributed by atoms with Crippen molar-refractivity contribution in [1.82, 2.24) is 5.32 Å². The zero-order valence-corrected chi connectivity index (χ0v) is 15.4. The maximum absolute atomic E-state index is 11.8. The summed E-state index contributed by atoms with van der Waals surface area (Å²) in [6, 6.07) is 12.0. The molecule has 1 aromatic carbocycles. The molecule has 0 saturated heterocycles. The molecule has 1 heterocycles. The van der Waals surface area contributed by atoms with Crippen LogP contribution in [0.2, 0.25) is 0 Å². The summed E-state index contributed by atoms with van der Waals surface area (Å²) in [6.45, 7) is 0.852. The fourth-order valence-electron chi connectivity index (χ4n) is 2.11. The molecule has 0 saturated carbocycles. The Labute approximate surface area is 152 Å². The lowest BCUT2D eigenvalue weighted by Gasteiger charge is -2.12. The number of thiophene rings is 1. The normalized spacial score (nSPS) is 11.5. The van der Waals surface area contributed by atoms with Crippen LogP contribution in [0.1, 0.15) is 11.3 Å².